The summed E-state index contributed by atoms with van der Waals surface area (Å²) in [5, 5.41) is 3.55. The summed E-state index contributed by atoms with van der Waals surface area (Å²) in [5.74, 6) is 4.58. The molecule has 0 aliphatic heterocycles. The molecule has 4 unspecified atom stereocenters. The topological polar surface area (TPSA) is 25.2 Å². The van der Waals surface area contributed by atoms with Gasteiger partial charge in [0, 0.05) is 12.0 Å². The Bertz CT molecular complexity index is 371. The molecule has 1 aromatic rings. The molecule has 102 valence electrons. The van der Waals surface area contributed by atoms with Gasteiger partial charge in [0.1, 0.15) is 11.5 Å². The molecule has 1 aliphatic rings. The lowest BCUT2D eigenvalue weighted by atomic mass is 10.0. The van der Waals surface area contributed by atoms with Crippen LogP contribution in [-0.2, 0) is 6.54 Å². The van der Waals surface area contributed by atoms with E-state index in [1.807, 2.05) is 0 Å². The van der Waals surface area contributed by atoms with Crippen LogP contribution >= 0.6 is 0 Å². The van der Waals surface area contributed by atoms with E-state index in [0.29, 0.717) is 12.0 Å². The minimum absolute atomic E-state index is 0.563. The predicted molar refractivity (Wildman–Crippen MR) is 75.6 cm³/mol. The molecule has 1 heterocycles. The van der Waals surface area contributed by atoms with Gasteiger partial charge in [-0.1, -0.05) is 27.2 Å². The van der Waals surface area contributed by atoms with Crippen molar-refractivity contribution in [2.75, 3.05) is 0 Å². The van der Waals surface area contributed by atoms with Crippen LogP contribution in [0.15, 0.2) is 16.5 Å². The Morgan fingerprint density at radius 2 is 2.11 bits per heavy atom. The molecule has 0 radical (unpaired) electrons. The van der Waals surface area contributed by atoms with Gasteiger partial charge in [-0.3, -0.25) is 0 Å². The van der Waals surface area contributed by atoms with Crippen molar-refractivity contribution in [1.29, 1.82) is 0 Å². The third kappa shape index (κ3) is 3.61. The zero-order valence-corrected chi connectivity index (χ0v) is 12.2. The van der Waals surface area contributed by atoms with E-state index in [9.17, 15) is 0 Å². The van der Waals surface area contributed by atoms with Crippen LogP contribution in [0.1, 0.15) is 64.4 Å². The van der Waals surface area contributed by atoms with E-state index < -0.39 is 0 Å². The summed E-state index contributed by atoms with van der Waals surface area (Å²) in [4.78, 5) is 0. The minimum Gasteiger partial charge on any atom is -0.464 e. The Morgan fingerprint density at radius 1 is 1.39 bits per heavy atom. The third-order valence-corrected chi connectivity index (χ3v) is 4.23. The highest BCUT2D eigenvalue weighted by Gasteiger charge is 2.36. The van der Waals surface area contributed by atoms with Crippen LogP contribution in [-0.4, -0.2) is 6.04 Å². The minimum atomic E-state index is 0.563. The Hall–Kier alpha value is -0.760. The summed E-state index contributed by atoms with van der Waals surface area (Å²) in [6, 6.07) is 4.85. The molecule has 0 saturated heterocycles. The third-order valence-electron chi connectivity index (χ3n) is 4.23. The van der Waals surface area contributed by atoms with E-state index in [1.54, 1.807) is 0 Å². The molecular formula is C16H27NO. The molecule has 1 aromatic heterocycles. The van der Waals surface area contributed by atoms with Gasteiger partial charge in [-0.2, -0.15) is 0 Å². The largest absolute Gasteiger partial charge is 0.464 e. The van der Waals surface area contributed by atoms with Gasteiger partial charge in [-0.15, -0.1) is 0 Å². The summed E-state index contributed by atoms with van der Waals surface area (Å²) < 4.78 is 5.90. The van der Waals surface area contributed by atoms with Gasteiger partial charge in [0.2, 0.25) is 0 Å². The van der Waals surface area contributed by atoms with Gasteiger partial charge < -0.3 is 9.73 Å². The van der Waals surface area contributed by atoms with E-state index in [2.05, 4.69) is 45.1 Å². The SMILES string of the molecule is CCC(C)CC(C)NCc1ccc(C2CC2C)o1. The van der Waals surface area contributed by atoms with Crippen molar-refractivity contribution in [3.05, 3.63) is 23.7 Å². The molecule has 0 spiro atoms. The van der Waals surface area contributed by atoms with E-state index in [-0.39, 0.29) is 0 Å². The first-order chi connectivity index (χ1) is 8.60. The average Bonchev–Trinajstić information content (AvgIpc) is 2.90. The van der Waals surface area contributed by atoms with Crippen LogP contribution in [0.3, 0.4) is 0 Å². The molecule has 4 atom stereocenters. The molecule has 1 aliphatic carbocycles. The Morgan fingerprint density at radius 3 is 2.72 bits per heavy atom. The summed E-state index contributed by atoms with van der Waals surface area (Å²) in [7, 11) is 0. The second kappa shape index (κ2) is 5.92. The van der Waals surface area contributed by atoms with Crippen LogP contribution in [0.2, 0.25) is 0 Å². The lowest BCUT2D eigenvalue weighted by Crippen LogP contribution is -2.27. The first-order valence-corrected chi connectivity index (χ1v) is 7.42. The highest BCUT2D eigenvalue weighted by molar-refractivity contribution is 5.17. The van der Waals surface area contributed by atoms with Crippen molar-refractivity contribution >= 4 is 0 Å². The van der Waals surface area contributed by atoms with Gasteiger partial charge in [0.05, 0.1) is 6.54 Å². The fraction of sp³-hybridized carbons (Fsp3) is 0.750. The normalized spacial score (nSPS) is 26.0. The van der Waals surface area contributed by atoms with Crippen molar-refractivity contribution in [1.82, 2.24) is 5.32 Å². The zero-order chi connectivity index (χ0) is 13.1. The first-order valence-electron chi connectivity index (χ1n) is 7.42. The van der Waals surface area contributed by atoms with E-state index >= 15 is 0 Å². The quantitative estimate of drug-likeness (QED) is 0.778. The number of rotatable bonds is 7. The molecule has 0 aromatic carbocycles. The average molecular weight is 249 g/mol. The molecular weight excluding hydrogens is 222 g/mol. The molecule has 2 heteroatoms. The molecule has 1 fully saturated rings. The lowest BCUT2D eigenvalue weighted by Gasteiger charge is -2.16. The molecule has 0 amide bonds. The Kier molecular flexibility index (Phi) is 4.50. The van der Waals surface area contributed by atoms with Crippen LogP contribution in [0.25, 0.3) is 0 Å². The molecule has 1 N–H and O–H groups in total. The van der Waals surface area contributed by atoms with E-state index in [0.717, 1.165) is 24.1 Å². The van der Waals surface area contributed by atoms with Crippen LogP contribution < -0.4 is 5.32 Å². The van der Waals surface area contributed by atoms with Gasteiger partial charge in [-0.25, -0.2) is 0 Å². The predicted octanol–water partition coefficient (Wildman–Crippen LogP) is 4.32. The molecule has 2 nitrogen and oxygen atoms in total. The maximum atomic E-state index is 5.90. The second-order valence-corrected chi connectivity index (χ2v) is 6.15. The van der Waals surface area contributed by atoms with Crippen molar-refractivity contribution in [2.24, 2.45) is 11.8 Å². The number of hydrogen-bond acceptors (Lipinski definition) is 2. The van der Waals surface area contributed by atoms with Crippen LogP contribution in [0.5, 0.6) is 0 Å². The van der Waals surface area contributed by atoms with E-state index in [4.69, 9.17) is 4.42 Å². The molecule has 2 rings (SSSR count). The highest BCUT2D eigenvalue weighted by Crippen LogP contribution is 2.47. The first kappa shape index (κ1) is 13.7. The molecule has 1 saturated carbocycles. The van der Waals surface area contributed by atoms with Gasteiger partial charge in [-0.05, 0) is 43.7 Å². The smallest absolute Gasteiger partial charge is 0.117 e. The van der Waals surface area contributed by atoms with Crippen LogP contribution in [0.4, 0.5) is 0 Å². The zero-order valence-electron chi connectivity index (χ0n) is 12.2. The van der Waals surface area contributed by atoms with E-state index in [1.165, 1.54) is 25.0 Å². The van der Waals surface area contributed by atoms with Crippen molar-refractivity contribution in [2.45, 2.75) is 65.5 Å². The summed E-state index contributed by atoms with van der Waals surface area (Å²) in [6.45, 7) is 9.99. The molecule has 18 heavy (non-hydrogen) atoms. The lowest BCUT2D eigenvalue weighted by molar-refractivity contribution is 0.384. The van der Waals surface area contributed by atoms with Crippen LogP contribution in [0, 0.1) is 11.8 Å². The summed E-state index contributed by atoms with van der Waals surface area (Å²) in [5.41, 5.74) is 0. The standard InChI is InChI=1S/C16H27NO/c1-5-11(2)8-13(4)17-10-14-6-7-16(18-14)15-9-12(15)3/h6-7,11-13,15,17H,5,8-10H2,1-4H3. The van der Waals surface area contributed by atoms with Gasteiger partial charge in [0.25, 0.3) is 0 Å². The van der Waals surface area contributed by atoms with Crippen molar-refractivity contribution in [3.63, 3.8) is 0 Å². The van der Waals surface area contributed by atoms with Gasteiger partial charge in [0.15, 0.2) is 0 Å². The monoisotopic (exact) mass is 249 g/mol. The Labute approximate surface area is 111 Å². The fourth-order valence-corrected chi connectivity index (χ4v) is 2.54. The highest BCUT2D eigenvalue weighted by atomic mass is 16.3. The number of nitrogens with one attached hydrogen (secondary N) is 1. The number of hydrogen-bond donors (Lipinski definition) is 1. The summed E-state index contributed by atoms with van der Waals surface area (Å²) in [6.07, 6.45) is 3.80. The Balaban J connectivity index is 1.74. The molecule has 0 bridgehead atoms. The maximum absolute atomic E-state index is 5.90. The maximum Gasteiger partial charge on any atom is 0.117 e. The fourth-order valence-electron chi connectivity index (χ4n) is 2.54. The number of furan rings is 1. The second-order valence-electron chi connectivity index (χ2n) is 6.15. The summed E-state index contributed by atoms with van der Waals surface area (Å²) >= 11 is 0. The van der Waals surface area contributed by atoms with Crippen molar-refractivity contribution < 1.29 is 4.42 Å². The van der Waals surface area contributed by atoms with Gasteiger partial charge >= 0.3 is 0 Å². The van der Waals surface area contributed by atoms with Crippen molar-refractivity contribution in [3.8, 4) is 0 Å².